The highest BCUT2D eigenvalue weighted by molar-refractivity contribution is 5.95. The van der Waals surface area contributed by atoms with Crippen molar-refractivity contribution in [1.29, 1.82) is 0 Å². The van der Waals surface area contributed by atoms with Crippen LogP contribution in [0.2, 0.25) is 0 Å². The minimum absolute atomic E-state index is 0.142. The maximum absolute atomic E-state index is 13.2. The molecule has 5 nitrogen and oxygen atoms in total. The van der Waals surface area contributed by atoms with Crippen LogP contribution in [0.25, 0.3) is 0 Å². The monoisotopic (exact) mass is 330 g/mol. The largest absolute Gasteiger partial charge is 0.489 e. The van der Waals surface area contributed by atoms with Crippen molar-refractivity contribution in [1.82, 2.24) is 5.32 Å². The molecule has 1 fully saturated rings. The Balaban J connectivity index is 1.58. The number of hydrogen-bond acceptors (Lipinski definition) is 4. The van der Waals surface area contributed by atoms with Crippen LogP contribution >= 0.6 is 0 Å². The average molecular weight is 330 g/mol. The van der Waals surface area contributed by atoms with Crippen molar-refractivity contribution < 1.29 is 18.7 Å². The molecule has 1 heterocycles. The number of anilines is 1. The summed E-state index contributed by atoms with van der Waals surface area (Å²) in [7, 11) is 0. The Morgan fingerprint density at radius 3 is 2.96 bits per heavy atom. The third-order valence-corrected chi connectivity index (χ3v) is 3.63. The van der Waals surface area contributed by atoms with Crippen LogP contribution in [0.15, 0.2) is 48.5 Å². The van der Waals surface area contributed by atoms with Crippen LogP contribution in [0.3, 0.4) is 0 Å². The van der Waals surface area contributed by atoms with Crippen molar-refractivity contribution >= 4 is 11.6 Å². The van der Waals surface area contributed by atoms with Crippen LogP contribution in [0.4, 0.5) is 10.1 Å². The van der Waals surface area contributed by atoms with E-state index in [1.54, 1.807) is 36.4 Å². The van der Waals surface area contributed by atoms with E-state index in [1.807, 2.05) is 0 Å². The van der Waals surface area contributed by atoms with E-state index < -0.39 is 0 Å². The molecule has 1 aliphatic heterocycles. The van der Waals surface area contributed by atoms with Crippen molar-refractivity contribution in [3.63, 3.8) is 0 Å². The fourth-order valence-corrected chi connectivity index (χ4v) is 2.42. The lowest BCUT2D eigenvalue weighted by Gasteiger charge is -2.23. The molecule has 1 amide bonds. The number of benzene rings is 2. The Labute approximate surface area is 139 Å². The molecule has 1 atom stereocenters. The Kier molecular flexibility index (Phi) is 5.40. The second-order valence-electron chi connectivity index (χ2n) is 5.52. The van der Waals surface area contributed by atoms with Gasteiger partial charge in [-0.25, -0.2) is 4.39 Å². The first-order chi connectivity index (χ1) is 11.7. The lowest BCUT2D eigenvalue weighted by molar-refractivity contribution is -0.120. The van der Waals surface area contributed by atoms with E-state index in [1.165, 1.54) is 12.1 Å². The van der Waals surface area contributed by atoms with Crippen LogP contribution in [-0.2, 0) is 16.1 Å². The fourth-order valence-electron chi connectivity index (χ4n) is 2.42. The molecule has 0 aromatic heterocycles. The normalized spacial score (nSPS) is 17.3. The van der Waals surface area contributed by atoms with Crippen LogP contribution in [-0.4, -0.2) is 31.7 Å². The van der Waals surface area contributed by atoms with Gasteiger partial charge in [0, 0.05) is 18.3 Å². The number of carbonyl (C=O) groups excluding carboxylic acids is 1. The van der Waals surface area contributed by atoms with Crippen LogP contribution < -0.4 is 15.4 Å². The van der Waals surface area contributed by atoms with Gasteiger partial charge >= 0.3 is 0 Å². The van der Waals surface area contributed by atoms with E-state index in [4.69, 9.17) is 9.47 Å². The SMILES string of the molecule is O=C(Nc1cccc(OCc2cccc(F)c2)c1)C1COCCN1. The molecule has 3 rings (SSSR count). The summed E-state index contributed by atoms with van der Waals surface area (Å²) in [6, 6.07) is 13.0. The minimum Gasteiger partial charge on any atom is -0.489 e. The summed E-state index contributed by atoms with van der Waals surface area (Å²) in [6.45, 7) is 1.90. The molecule has 0 bridgehead atoms. The molecule has 1 aliphatic rings. The molecule has 0 spiro atoms. The van der Waals surface area contributed by atoms with Gasteiger partial charge in [-0.3, -0.25) is 4.79 Å². The maximum atomic E-state index is 13.2. The highest BCUT2D eigenvalue weighted by atomic mass is 19.1. The number of amides is 1. The predicted molar refractivity (Wildman–Crippen MR) is 88.4 cm³/mol. The second-order valence-corrected chi connectivity index (χ2v) is 5.52. The Morgan fingerprint density at radius 1 is 1.29 bits per heavy atom. The third-order valence-electron chi connectivity index (χ3n) is 3.63. The predicted octanol–water partition coefficient (Wildman–Crippen LogP) is 2.33. The van der Waals surface area contributed by atoms with Crippen molar-refractivity contribution in [2.75, 3.05) is 25.1 Å². The lowest BCUT2D eigenvalue weighted by atomic mass is 10.2. The summed E-state index contributed by atoms with van der Waals surface area (Å²) in [6.07, 6.45) is 0. The molecule has 0 aliphatic carbocycles. The summed E-state index contributed by atoms with van der Waals surface area (Å²) in [5.74, 6) is 0.168. The van der Waals surface area contributed by atoms with E-state index in [9.17, 15) is 9.18 Å². The van der Waals surface area contributed by atoms with E-state index >= 15 is 0 Å². The number of carbonyl (C=O) groups is 1. The highest BCUT2D eigenvalue weighted by Crippen LogP contribution is 2.19. The number of nitrogens with one attached hydrogen (secondary N) is 2. The number of morpholine rings is 1. The van der Waals surface area contributed by atoms with Gasteiger partial charge < -0.3 is 20.1 Å². The summed E-state index contributed by atoms with van der Waals surface area (Å²) in [5.41, 5.74) is 1.39. The van der Waals surface area contributed by atoms with Gasteiger partial charge in [0.2, 0.25) is 5.91 Å². The molecular weight excluding hydrogens is 311 g/mol. The summed E-state index contributed by atoms with van der Waals surface area (Å²) in [5, 5.41) is 5.94. The Morgan fingerprint density at radius 2 is 2.17 bits per heavy atom. The van der Waals surface area contributed by atoms with Gasteiger partial charge in [-0.15, -0.1) is 0 Å². The number of ether oxygens (including phenoxy) is 2. The summed E-state index contributed by atoms with van der Waals surface area (Å²) < 4.78 is 24.1. The zero-order chi connectivity index (χ0) is 16.8. The van der Waals surface area contributed by atoms with Crippen molar-refractivity contribution in [2.45, 2.75) is 12.6 Å². The zero-order valence-corrected chi connectivity index (χ0v) is 13.1. The van der Waals surface area contributed by atoms with Crippen molar-refractivity contribution in [3.05, 3.63) is 59.9 Å². The lowest BCUT2D eigenvalue weighted by Crippen LogP contribution is -2.48. The Hall–Kier alpha value is -2.44. The molecule has 1 saturated heterocycles. The van der Waals surface area contributed by atoms with Gasteiger partial charge in [-0.2, -0.15) is 0 Å². The van der Waals surface area contributed by atoms with Gasteiger partial charge in [0.05, 0.1) is 13.2 Å². The van der Waals surface area contributed by atoms with Crippen LogP contribution in [0.1, 0.15) is 5.56 Å². The first kappa shape index (κ1) is 16.4. The standard InChI is InChI=1S/C18H19FN2O3/c19-14-4-1-3-13(9-14)11-24-16-6-2-5-15(10-16)21-18(22)17-12-23-8-7-20-17/h1-6,9-10,17,20H,7-8,11-12H2,(H,21,22). The summed E-state index contributed by atoms with van der Waals surface area (Å²) in [4.78, 5) is 12.2. The number of hydrogen-bond donors (Lipinski definition) is 2. The van der Waals surface area contributed by atoms with Gasteiger partial charge in [0.15, 0.2) is 0 Å². The molecular formula is C18H19FN2O3. The molecule has 24 heavy (non-hydrogen) atoms. The van der Waals surface area contributed by atoms with E-state index in [-0.39, 0.29) is 24.4 Å². The number of rotatable bonds is 5. The smallest absolute Gasteiger partial charge is 0.243 e. The second kappa shape index (κ2) is 7.90. The minimum atomic E-state index is -0.351. The Bertz CT molecular complexity index is 702. The first-order valence-corrected chi connectivity index (χ1v) is 7.80. The molecule has 2 aromatic carbocycles. The molecule has 126 valence electrons. The molecule has 0 radical (unpaired) electrons. The quantitative estimate of drug-likeness (QED) is 0.883. The van der Waals surface area contributed by atoms with Crippen molar-refractivity contribution in [3.8, 4) is 5.75 Å². The highest BCUT2D eigenvalue weighted by Gasteiger charge is 2.21. The van der Waals surface area contributed by atoms with E-state index in [0.29, 0.717) is 31.2 Å². The summed E-state index contributed by atoms with van der Waals surface area (Å²) >= 11 is 0. The van der Waals surface area contributed by atoms with Gasteiger partial charge in [-0.05, 0) is 29.8 Å². The molecule has 1 unspecified atom stereocenters. The average Bonchev–Trinajstić information content (AvgIpc) is 2.61. The molecule has 2 N–H and O–H groups in total. The van der Waals surface area contributed by atoms with Crippen LogP contribution in [0.5, 0.6) is 5.75 Å². The van der Waals surface area contributed by atoms with Crippen LogP contribution in [0, 0.1) is 5.82 Å². The first-order valence-electron chi connectivity index (χ1n) is 7.80. The van der Waals surface area contributed by atoms with E-state index in [0.717, 1.165) is 5.56 Å². The van der Waals surface area contributed by atoms with Gasteiger partial charge in [-0.1, -0.05) is 18.2 Å². The topological polar surface area (TPSA) is 59.6 Å². The van der Waals surface area contributed by atoms with Crippen molar-refractivity contribution in [2.24, 2.45) is 0 Å². The third kappa shape index (κ3) is 4.53. The van der Waals surface area contributed by atoms with Gasteiger partial charge in [0.1, 0.15) is 24.2 Å². The molecule has 2 aromatic rings. The van der Waals surface area contributed by atoms with Gasteiger partial charge in [0.25, 0.3) is 0 Å². The molecule has 6 heteroatoms. The fraction of sp³-hybridized carbons (Fsp3) is 0.278. The zero-order valence-electron chi connectivity index (χ0n) is 13.1. The molecule has 0 saturated carbocycles. The number of halogens is 1. The van der Waals surface area contributed by atoms with E-state index in [2.05, 4.69) is 10.6 Å². The maximum Gasteiger partial charge on any atom is 0.243 e.